The Morgan fingerprint density at radius 1 is 1.06 bits per heavy atom. The first-order valence-electron chi connectivity index (χ1n) is 7.03. The van der Waals surface area contributed by atoms with Crippen LogP contribution in [-0.2, 0) is 0 Å². The van der Waals surface area contributed by atoms with E-state index in [2.05, 4.69) is 32.3 Å². The molecule has 1 heterocycles. The van der Waals surface area contributed by atoms with Gasteiger partial charge in [0.1, 0.15) is 0 Å². The van der Waals surface area contributed by atoms with Crippen LogP contribution in [-0.4, -0.2) is 32.2 Å². The van der Waals surface area contributed by atoms with Crippen LogP contribution >= 0.6 is 0 Å². The summed E-state index contributed by atoms with van der Waals surface area (Å²) in [6.45, 7) is 14.0. The molecule has 0 aromatic heterocycles. The van der Waals surface area contributed by atoms with Crippen molar-refractivity contribution in [2.24, 2.45) is 0 Å². The SMILES string of the molecule is C=C(C)[Si](CC)(CC)CN1CCCCCC1. The average Bonchev–Trinajstić information content (AvgIpc) is 2.54. The van der Waals surface area contributed by atoms with Crippen molar-refractivity contribution in [3.63, 3.8) is 0 Å². The second-order valence-electron chi connectivity index (χ2n) is 5.46. The van der Waals surface area contributed by atoms with Crippen molar-refractivity contribution in [2.75, 3.05) is 19.3 Å². The van der Waals surface area contributed by atoms with Gasteiger partial charge in [-0.25, -0.2) is 0 Å². The van der Waals surface area contributed by atoms with Gasteiger partial charge < -0.3 is 4.90 Å². The molecule has 2 heteroatoms. The van der Waals surface area contributed by atoms with Crippen molar-refractivity contribution in [1.82, 2.24) is 4.90 Å². The van der Waals surface area contributed by atoms with E-state index in [4.69, 9.17) is 0 Å². The highest BCUT2D eigenvalue weighted by Gasteiger charge is 2.32. The molecule has 1 saturated heterocycles. The van der Waals surface area contributed by atoms with Crippen LogP contribution in [0.2, 0.25) is 12.1 Å². The van der Waals surface area contributed by atoms with Crippen LogP contribution in [0.5, 0.6) is 0 Å². The van der Waals surface area contributed by atoms with E-state index >= 15 is 0 Å². The Morgan fingerprint density at radius 2 is 1.56 bits per heavy atom. The molecule has 0 aromatic rings. The molecule has 1 rings (SSSR count). The molecule has 0 atom stereocenters. The number of hydrogen-bond donors (Lipinski definition) is 0. The minimum atomic E-state index is -1.20. The van der Waals surface area contributed by atoms with Crippen LogP contribution < -0.4 is 0 Å². The molecule has 1 aliphatic rings. The Morgan fingerprint density at radius 3 is 1.94 bits per heavy atom. The Kier molecular flexibility index (Phi) is 5.77. The van der Waals surface area contributed by atoms with E-state index in [-0.39, 0.29) is 0 Å². The van der Waals surface area contributed by atoms with Crippen molar-refractivity contribution < 1.29 is 0 Å². The fourth-order valence-corrected chi connectivity index (χ4v) is 6.53. The summed E-state index contributed by atoms with van der Waals surface area (Å²) in [7, 11) is -1.20. The van der Waals surface area contributed by atoms with Gasteiger partial charge in [-0.2, -0.15) is 0 Å². The van der Waals surface area contributed by atoms with Crippen LogP contribution in [0.1, 0.15) is 46.5 Å². The zero-order valence-corrected chi connectivity index (χ0v) is 12.5. The van der Waals surface area contributed by atoms with Crippen molar-refractivity contribution in [1.29, 1.82) is 0 Å². The number of allylic oxidation sites excluding steroid dienone is 1. The van der Waals surface area contributed by atoms with Crippen molar-refractivity contribution in [3.05, 3.63) is 11.8 Å². The highest BCUT2D eigenvalue weighted by atomic mass is 28.3. The third kappa shape index (κ3) is 3.46. The highest BCUT2D eigenvalue weighted by Crippen LogP contribution is 2.25. The zero-order valence-electron chi connectivity index (χ0n) is 11.5. The van der Waals surface area contributed by atoms with Crippen LogP contribution in [0.15, 0.2) is 11.8 Å². The van der Waals surface area contributed by atoms with Crippen molar-refractivity contribution in [3.8, 4) is 0 Å². The fourth-order valence-electron chi connectivity index (χ4n) is 2.93. The predicted molar refractivity (Wildman–Crippen MR) is 76.4 cm³/mol. The second kappa shape index (κ2) is 6.60. The third-order valence-electron chi connectivity index (χ3n) is 4.48. The Bertz CT molecular complexity index is 213. The van der Waals surface area contributed by atoms with E-state index in [0.717, 1.165) is 0 Å². The summed E-state index contributed by atoms with van der Waals surface area (Å²) in [5.41, 5.74) is 0. The Hall–Kier alpha value is -0.0831. The lowest BCUT2D eigenvalue weighted by atomic mass is 10.2. The lowest BCUT2D eigenvalue weighted by Gasteiger charge is -2.35. The van der Waals surface area contributed by atoms with E-state index < -0.39 is 8.07 Å². The van der Waals surface area contributed by atoms with Gasteiger partial charge in [0.2, 0.25) is 0 Å². The molecular formula is C14H29NSi. The molecule has 0 unspecified atom stereocenters. The van der Waals surface area contributed by atoms with Crippen LogP contribution in [0.4, 0.5) is 0 Å². The molecule has 0 N–H and O–H groups in total. The van der Waals surface area contributed by atoms with Crippen molar-refractivity contribution in [2.45, 2.75) is 58.5 Å². The Balaban J connectivity index is 2.62. The first-order valence-corrected chi connectivity index (χ1v) is 9.65. The van der Waals surface area contributed by atoms with E-state index in [0.29, 0.717) is 0 Å². The van der Waals surface area contributed by atoms with Gasteiger partial charge >= 0.3 is 0 Å². The quantitative estimate of drug-likeness (QED) is 0.655. The van der Waals surface area contributed by atoms with Gasteiger partial charge in [-0.1, -0.05) is 44.0 Å². The molecule has 0 saturated carbocycles. The minimum Gasteiger partial charge on any atom is -0.306 e. The smallest absolute Gasteiger partial charge is 0.0941 e. The molecule has 1 nitrogen and oxygen atoms in total. The summed E-state index contributed by atoms with van der Waals surface area (Å²) in [6, 6.07) is 2.74. The first-order chi connectivity index (χ1) is 7.64. The molecular weight excluding hydrogens is 210 g/mol. The van der Waals surface area contributed by atoms with Crippen LogP contribution in [0.25, 0.3) is 0 Å². The molecule has 16 heavy (non-hydrogen) atoms. The second-order valence-corrected chi connectivity index (χ2v) is 10.6. The highest BCUT2D eigenvalue weighted by molar-refractivity contribution is 6.86. The molecule has 0 spiro atoms. The van der Waals surface area contributed by atoms with E-state index in [1.165, 1.54) is 62.2 Å². The van der Waals surface area contributed by atoms with E-state index in [1.807, 2.05) is 0 Å². The van der Waals surface area contributed by atoms with Gasteiger partial charge in [0.15, 0.2) is 0 Å². The van der Waals surface area contributed by atoms with Crippen LogP contribution in [0.3, 0.4) is 0 Å². The molecule has 0 aliphatic carbocycles. The molecule has 1 aliphatic heterocycles. The number of nitrogens with zero attached hydrogens (tertiary/aromatic N) is 1. The molecule has 0 amide bonds. The maximum atomic E-state index is 4.29. The lowest BCUT2D eigenvalue weighted by Crippen LogP contribution is -2.48. The Labute approximate surface area is 103 Å². The van der Waals surface area contributed by atoms with Gasteiger partial charge in [0, 0.05) is 0 Å². The van der Waals surface area contributed by atoms with Gasteiger partial charge in [-0.15, -0.1) is 6.58 Å². The molecule has 0 aromatic carbocycles. The fraction of sp³-hybridized carbons (Fsp3) is 0.857. The van der Waals surface area contributed by atoms with Crippen LogP contribution in [0, 0.1) is 0 Å². The van der Waals surface area contributed by atoms with E-state index in [9.17, 15) is 0 Å². The standard InChI is InChI=1S/C14H29NSi/c1-5-16(6-2,14(3)4)13-15-11-9-7-8-10-12-15/h3,5-13H2,1-2,4H3. The third-order valence-corrected chi connectivity index (χ3v) is 10.1. The first kappa shape index (κ1) is 14.0. The number of likely N-dealkylation sites (tertiary alicyclic amines) is 1. The van der Waals surface area contributed by atoms with Crippen molar-refractivity contribution >= 4 is 8.07 Å². The zero-order chi connectivity index (χ0) is 12.0. The normalized spacial score (nSPS) is 19.4. The monoisotopic (exact) mass is 239 g/mol. The topological polar surface area (TPSA) is 3.24 Å². The minimum absolute atomic E-state index is 1.20. The average molecular weight is 239 g/mol. The molecule has 1 fully saturated rings. The summed E-state index contributed by atoms with van der Waals surface area (Å²) in [4.78, 5) is 2.74. The summed E-state index contributed by atoms with van der Waals surface area (Å²) in [6.07, 6.45) is 7.07. The van der Waals surface area contributed by atoms with E-state index in [1.54, 1.807) is 0 Å². The number of rotatable bonds is 5. The summed E-state index contributed by atoms with van der Waals surface area (Å²) in [5.74, 6) is 0. The maximum absolute atomic E-state index is 4.29. The summed E-state index contributed by atoms with van der Waals surface area (Å²) in [5, 5.41) is 1.52. The lowest BCUT2D eigenvalue weighted by molar-refractivity contribution is 0.325. The van der Waals surface area contributed by atoms with Gasteiger partial charge in [0.25, 0.3) is 0 Å². The van der Waals surface area contributed by atoms with Gasteiger partial charge in [-0.05, 0) is 39.0 Å². The molecule has 94 valence electrons. The summed E-state index contributed by atoms with van der Waals surface area (Å²) < 4.78 is 0. The predicted octanol–water partition coefficient (Wildman–Crippen LogP) is 4.01. The largest absolute Gasteiger partial charge is 0.306 e. The number of hydrogen-bond acceptors (Lipinski definition) is 1. The molecule has 0 radical (unpaired) electrons. The maximum Gasteiger partial charge on any atom is 0.0941 e. The molecule has 0 bridgehead atoms. The summed E-state index contributed by atoms with van der Waals surface area (Å²) >= 11 is 0. The van der Waals surface area contributed by atoms with Gasteiger partial charge in [-0.3, -0.25) is 0 Å². The van der Waals surface area contributed by atoms with Gasteiger partial charge in [0.05, 0.1) is 8.07 Å².